The number of hydrogen-bond donors (Lipinski definition) is 2. The summed E-state index contributed by atoms with van der Waals surface area (Å²) in [5.74, 6) is 4.94. The molecule has 0 aromatic rings. The predicted molar refractivity (Wildman–Crippen MR) is 91.8 cm³/mol. The Hall–Kier alpha value is -0.660. The van der Waals surface area contributed by atoms with Crippen LogP contribution >= 0.6 is 0 Å². The lowest BCUT2D eigenvalue weighted by Crippen LogP contribution is -2.55. The van der Waals surface area contributed by atoms with Crippen LogP contribution in [0.25, 0.3) is 0 Å². The van der Waals surface area contributed by atoms with Crippen molar-refractivity contribution in [3.8, 4) is 12.3 Å². The highest BCUT2D eigenvalue weighted by atomic mass is 19.3. The molecule has 4 saturated carbocycles. The number of halogens is 2. The second-order valence-corrected chi connectivity index (χ2v) is 9.58. The second kappa shape index (κ2) is 5.67. The Bertz CT molecular complexity index is 587. The summed E-state index contributed by atoms with van der Waals surface area (Å²) in [6, 6.07) is 0. The van der Waals surface area contributed by atoms with E-state index in [2.05, 4.69) is 12.8 Å². The van der Waals surface area contributed by atoms with Crippen LogP contribution in [0.2, 0.25) is 0 Å². The molecule has 4 fully saturated rings. The van der Waals surface area contributed by atoms with Gasteiger partial charge in [-0.05, 0) is 87.4 Å². The van der Waals surface area contributed by atoms with Crippen molar-refractivity contribution >= 4 is 0 Å². The summed E-state index contributed by atoms with van der Waals surface area (Å²) >= 11 is 0. The van der Waals surface area contributed by atoms with Crippen molar-refractivity contribution in [2.45, 2.75) is 82.3 Å². The van der Waals surface area contributed by atoms with Gasteiger partial charge >= 0.3 is 0 Å². The van der Waals surface area contributed by atoms with Crippen molar-refractivity contribution in [1.82, 2.24) is 0 Å². The highest BCUT2D eigenvalue weighted by Gasteiger charge is 2.63. The Morgan fingerprint density at radius 2 is 1.68 bits per heavy atom. The molecule has 8 atom stereocenters. The Morgan fingerprint density at radius 1 is 0.960 bits per heavy atom. The Morgan fingerprint density at radius 3 is 2.36 bits per heavy atom. The minimum absolute atomic E-state index is 0.200. The number of fused-ring (bicyclic) bond motifs is 5. The quantitative estimate of drug-likeness (QED) is 0.700. The van der Waals surface area contributed by atoms with Crippen LogP contribution in [0.1, 0.15) is 64.7 Å². The van der Waals surface area contributed by atoms with Crippen molar-refractivity contribution < 1.29 is 19.0 Å². The topological polar surface area (TPSA) is 40.5 Å². The number of alkyl halides is 2. The van der Waals surface area contributed by atoms with E-state index in [0.29, 0.717) is 30.1 Å². The molecule has 140 valence electrons. The first-order valence-corrected chi connectivity index (χ1v) is 9.95. The van der Waals surface area contributed by atoms with Gasteiger partial charge in [-0.2, -0.15) is 0 Å². The average molecular weight is 352 g/mol. The lowest BCUT2D eigenvalue weighted by molar-refractivity contribution is -0.163. The third kappa shape index (κ3) is 2.34. The maximum absolute atomic E-state index is 13.3. The van der Waals surface area contributed by atoms with Gasteiger partial charge in [0.2, 0.25) is 0 Å². The lowest BCUT2D eigenvalue weighted by atomic mass is 9.48. The molecule has 0 aromatic carbocycles. The molecule has 2 unspecified atom stereocenters. The molecule has 2 N–H and O–H groups in total. The zero-order valence-corrected chi connectivity index (χ0v) is 15.1. The number of terminal acetylenes is 1. The van der Waals surface area contributed by atoms with Crippen molar-refractivity contribution in [2.75, 3.05) is 0 Å². The maximum atomic E-state index is 13.3. The lowest BCUT2D eigenvalue weighted by Gasteiger charge is -2.57. The van der Waals surface area contributed by atoms with Crippen LogP contribution in [0.4, 0.5) is 8.78 Å². The van der Waals surface area contributed by atoms with Gasteiger partial charge in [-0.3, -0.25) is 0 Å². The smallest absolute Gasteiger partial charge is 0.266 e. The van der Waals surface area contributed by atoms with Crippen LogP contribution in [-0.2, 0) is 0 Å². The standard InChI is InChI=1S/C21H30F2O2/c1-3-21(25)11-8-17-16-5-4-13-12-20(24,18(22)23)10-7-14(13)15(16)6-9-19(17,21)2/h1,13-18,24-25H,4-12H2,2H3/t13?,14-,15+,16+,17-,19-,20?,21+/m0/s1. The largest absolute Gasteiger partial charge is 0.384 e. The van der Waals surface area contributed by atoms with E-state index in [4.69, 9.17) is 6.42 Å². The molecule has 4 aliphatic carbocycles. The SMILES string of the molecule is C#C[C@@]1(O)CC[C@H]2[C@@H]3CCC4CC(O)(C(F)F)CC[C@@H]4[C@H]3CC[C@@]21C. The van der Waals surface area contributed by atoms with Gasteiger partial charge in [0.05, 0.1) is 0 Å². The molecular formula is C21H30F2O2. The Kier molecular flexibility index (Phi) is 4.02. The molecule has 0 heterocycles. The highest BCUT2D eigenvalue weighted by molar-refractivity contribution is 5.23. The molecule has 4 rings (SSSR count). The Balaban J connectivity index is 1.55. The summed E-state index contributed by atoms with van der Waals surface area (Å²) in [4.78, 5) is 0. The van der Waals surface area contributed by atoms with Crippen molar-refractivity contribution in [1.29, 1.82) is 0 Å². The average Bonchev–Trinajstić information content (AvgIpc) is 2.86. The van der Waals surface area contributed by atoms with Crippen LogP contribution in [0.3, 0.4) is 0 Å². The summed E-state index contributed by atoms with van der Waals surface area (Å²) in [6.45, 7) is 2.17. The fraction of sp³-hybridized carbons (Fsp3) is 0.905. The van der Waals surface area contributed by atoms with Gasteiger partial charge in [0.1, 0.15) is 11.2 Å². The molecule has 4 aliphatic rings. The van der Waals surface area contributed by atoms with Crippen molar-refractivity contribution in [3.63, 3.8) is 0 Å². The zero-order valence-electron chi connectivity index (χ0n) is 15.1. The molecule has 0 aromatic heterocycles. The fourth-order valence-corrected chi connectivity index (χ4v) is 7.36. The molecule has 25 heavy (non-hydrogen) atoms. The third-order valence-electron chi connectivity index (χ3n) is 8.84. The van der Waals surface area contributed by atoms with E-state index in [1.165, 1.54) is 0 Å². The van der Waals surface area contributed by atoms with E-state index in [-0.39, 0.29) is 24.2 Å². The normalized spacial score (nSPS) is 55.2. The van der Waals surface area contributed by atoms with Gasteiger partial charge in [-0.15, -0.1) is 6.42 Å². The zero-order chi connectivity index (χ0) is 18.0. The summed E-state index contributed by atoms with van der Waals surface area (Å²) in [5.41, 5.74) is -2.95. The fourth-order valence-electron chi connectivity index (χ4n) is 7.36. The van der Waals surface area contributed by atoms with Crippen LogP contribution in [0, 0.1) is 47.3 Å². The van der Waals surface area contributed by atoms with E-state index in [1.807, 2.05) is 0 Å². The minimum Gasteiger partial charge on any atom is -0.384 e. The monoisotopic (exact) mass is 352 g/mol. The van der Waals surface area contributed by atoms with E-state index in [0.717, 1.165) is 38.5 Å². The first kappa shape index (κ1) is 17.7. The van der Waals surface area contributed by atoms with Gasteiger partial charge in [0, 0.05) is 5.41 Å². The third-order valence-corrected chi connectivity index (χ3v) is 8.84. The van der Waals surface area contributed by atoms with Crippen LogP contribution < -0.4 is 0 Å². The molecule has 0 aliphatic heterocycles. The molecule has 0 saturated heterocycles. The van der Waals surface area contributed by atoms with Crippen LogP contribution in [0.5, 0.6) is 0 Å². The van der Waals surface area contributed by atoms with E-state index >= 15 is 0 Å². The van der Waals surface area contributed by atoms with E-state index in [9.17, 15) is 19.0 Å². The Labute approximate surface area is 149 Å². The molecule has 0 spiro atoms. The van der Waals surface area contributed by atoms with Crippen molar-refractivity contribution in [3.05, 3.63) is 0 Å². The molecule has 0 radical (unpaired) electrons. The second-order valence-electron chi connectivity index (χ2n) is 9.58. The van der Waals surface area contributed by atoms with E-state index in [1.54, 1.807) is 0 Å². The highest BCUT2D eigenvalue weighted by Crippen LogP contribution is 2.65. The van der Waals surface area contributed by atoms with Gasteiger partial charge in [0.15, 0.2) is 0 Å². The number of aliphatic hydroxyl groups is 2. The number of rotatable bonds is 1. The molecule has 0 amide bonds. The van der Waals surface area contributed by atoms with Crippen molar-refractivity contribution in [2.24, 2.45) is 35.0 Å². The number of hydrogen-bond acceptors (Lipinski definition) is 2. The molecule has 0 bridgehead atoms. The molecule has 4 heteroatoms. The molecular weight excluding hydrogens is 322 g/mol. The van der Waals surface area contributed by atoms with Gasteiger partial charge in [-0.25, -0.2) is 8.78 Å². The van der Waals surface area contributed by atoms with Gasteiger partial charge in [0.25, 0.3) is 6.43 Å². The predicted octanol–water partition coefficient (Wildman–Crippen LogP) is 4.00. The first-order valence-electron chi connectivity index (χ1n) is 9.95. The minimum atomic E-state index is -2.64. The van der Waals surface area contributed by atoms with E-state index < -0.39 is 17.6 Å². The van der Waals surface area contributed by atoms with Gasteiger partial charge < -0.3 is 10.2 Å². The molecule has 2 nitrogen and oxygen atoms in total. The maximum Gasteiger partial charge on any atom is 0.266 e. The summed E-state index contributed by atoms with van der Waals surface area (Å²) in [6.07, 6.45) is 9.87. The first-order chi connectivity index (χ1) is 11.7. The van der Waals surface area contributed by atoms with Crippen LogP contribution in [-0.4, -0.2) is 27.8 Å². The summed E-state index contributed by atoms with van der Waals surface area (Å²) < 4.78 is 26.5. The van der Waals surface area contributed by atoms with Crippen LogP contribution in [0.15, 0.2) is 0 Å². The summed E-state index contributed by atoms with van der Waals surface area (Å²) in [7, 11) is 0. The van der Waals surface area contributed by atoms with Gasteiger partial charge in [-0.1, -0.05) is 12.8 Å². The summed E-state index contributed by atoms with van der Waals surface area (Å²) in [5, 5.41) is 21.2.